The largest absolute Gasteiger partial charge is 0.471 e. The zero-order valence-electron chi connectivity index (χ0n) is 5.76. The van der Waals surface area contributed by atoms with Crippen molar-refractivity contribution in [3.8, 4) is 5.88 Å². The van der Waals surface area contributed by atoms with Gasteiger partial charge in [-0.2, -0.15) is 0 Å². The number of aromatic nitrogens is 1. The van der Waals surface area contributed by atoms with E-state index in [4.69, 9.17) is 4.74 Å². The molecule has 0 saturated heterocycles. The maximum absolute atomic E-state index is 10.4. The molecule has 1 aromatic rings. The second-order valence-corrected chi connectivity index (χ2v) is 2.03. The van der Waals surface area contributed by atoms with Crippen LogP contribution in [0.25, 0.3) is 0 Å². The fourth-order valence-corrected chi connectivity index (χ4v) is 0.583. The van der Waals surface area contributed by atoms with Gasteiger partial charge in [-0.3, -0.25) is 4.79 Å². The molecular formula is C7H9NO2. The highest BCUT2D eigenvalue weighted by Crippen LogP contribution is 2.03. The molecule has 1 N–H and O–H groups in total. The maximum Gasteiger partial charge on any atom is 0.191 e. The van der Waals surface area contributed by atoms with Crippen LogP contribution in [0.1, 0.15) is 6.92 Å². The van der Waals surface area contributed by atoms with E-state index in [0.29, 0.717) is 5.88 Å². The van der Waals surface area contributed by atoms with Crippen LogP contribution in [0.3, 0.4) is 0 Å². The number of ether oxygens (including phenoxy) is 1. The van der Waals surface area contributed by atoms with Crippen LogP contribution in [0.2, 0.25) is 0 Å². The van der Waals surface area contributed by atoms with Gasteiger partial charge in [0.2, 0.25) is 0 Å². The Hall–Kier alpha value is -1.25. The lowest BCUT2D eigenvalue weighted by Gasteiger charge is -1.97. The minimum absolute atomic E-state index is 0.0228. The average Bonchev–Trinajstić information content (AvgIpc) is 2.34. The smallest absolute Gasteiger partial charge is 0.191 e. The molecule has 0 atom stereocenters. The molecular weight excluding hydrogens is 130 g/mol. The third kappa shape index (κ3) is 1.93. The van der Waals surface area contributed by atoms with E-state index in [2.05, 4.69) is 4.98 Å². The van der Waals surface area contributed by atoms with Crippen molar-refractivity contribution in [2.75, 3.05) is 6.61 Å². The lowest BCUT2D eigenvalue weighted by atomic mass is 10.5. The summed E-state index contributed by atoms with van der Waals surface area (Å²) in [4.78, 5) is 13.2. The van der Waals surface area contributed by atoms with Gasteiger partial charge in [-0.05, 0) is 19.1 Å². The molecule has 1 aromatic heterocycles. The Kier molecular flexibility index (Phi) is 2.10. The quantitative estimate of drug-likeness (QED) is 0.678. The second kappa shape index (κ2) is 3.06. The third-order valence-electron chi connectivity index (χ3n) is 1.00. The predicted molar refractivity (Wildman–Crippen MR) is 37.0 cm³/mol. The first kappa shape index (κ1) is 6.86. The van der Waals surface area contributed by atoms with Crippen molar-refractivity contribution >= 4 is 5.78 Å². The van der Waals surface area contributed by atoms with Gasteiger partial charge in [0.05, 0.1) is 0 Å². The highest BCUT2D eigenvalue weighted by Gasteiger charge is 1.94. The molecule has 1 heterocycles. The number of H-pyrrole nitrogens is 1. The van der Waals surface area contributed by atoms with Crippen LogP contribution in [0.4, 0.5) is 0 Å². The molecule has 0 radical (unpaired) electrons. The van der Waals surface area contributed by atoms with Crippen molar-refractivity contribution in [3.05, 3.63) is 18.3 Å². The number of ketones is 1. The van der Waals surface area contributed by atoms with Crippen LogP contribution < -0.4 is 4.74 Å². The molecule has 0 spiro atoms. The summed E-state index contributed by atoms with van der Waals surface area (Å²) < 4.78 is 5.00. The topological polar surface area (TPSA) is 42.1 Å². The van der Waals surface area contributed by atoms with Crippen LogP contribution in [0, 0.1) is 0 Å². The van der Waals surface area contributed by atoms with Gasteiger partial charge in [-0.15, -0.1) is 0 Å². The normalized spacial score (nSPS) is 9.30. The predicted octanol–water partition coefficient (Wildman–Crippen LogP) is 0.982. The minimum atomic E-state index is 0.0228. The number of hydrogen-bond acceptors (Lipinski definition) is 2. The van der Waals surface area contributed by atoms with Crippen LogP contribution in [-0.2, 0) is 4.79 Å². The van der Waals surface area contributed by atoms with Gasteiger partial charge in [0.25, 0.3) is 0 Å². The van der Waals surface area contributed by atoms with Gasteiger partial charge in [0.15, 0.2) is 11.7 Å². The minimum Gasteiger partial charge on any atom is -0.471 e. The molecule has 10 heavy (non-hydrogen) atoms. The highest BCUT2D eigenvalue weighted by atomic mass is 16.5. The monoisotopic (exact) mass is 139 g/mol. The van der Waals surface area contributed by atoms with Crippen molar-refractivity contribution < 1.29 is 9.53 Å². The average molecular weight is 139 g/mol. The fraction of sp³-hybridized carbons (Fsp3) is 0.286. The Bertz CT molecular complexity index is 203. The maximum atomic E-state index is 10.4. The summed E-state index contributed by atoms with van der Waals surface area (Å²) in [5.74, 6) is 0.657. The van der Waals surface area contributed by atoms with Gasteiger partial charge in [0, 0.05) is 6.20 Å². The Balaban J connectivity index is 2.35. The standard InChI is InChI=1S/C7H9NO2/c1-6(9)5-10-7-3-2-4-8-7/h2-4,8H,5H2,1H3. The number of hydrogen-bond donors (Lipinski definition) is 1. The zero-order valence-corrected chi connectivity index (χ0v) is 5.76. The molecule has 0 aliphatic rings. The Morgan fingerprint density at radius 1 is 1.80 bits per heavy atom. The van der Waals surface area contributed by atoms with Crippen LogP contribution in [0.15, 0.2) is 18.3 Å². The molecule has 0 fully saturated rings. The van der Waals surface area contributed by atoms with Gasteiger partial charge in [-0.1, -0.05) is 0 Å². The fourth-order valence-electron chi connectivity index (χ4n) is 0.583. The number of nitrogens with one attached hydrogen (secondary N) is 1. The lowest BCUT2D eigenvalue weighted by molar-refractivity contribution is -0.118. The SMILES string of the molecule is CC(=O)COc1ccc[nH]1. The van der Waals surface area contributed by atoms with Crippen molar-refractivity contribution in [1.82, 2.24) is 4.98 Å². The third-order valence-corrected chi connectivity index (χ3v) is 1.00. The van der Waals surface area contributed by atoms with E-state index in [1.807, 2.05) is 6.07 Å². The molecule has 0 amide bonds. The van der Waals surface area contributed by atoms with Crippen molar-refractivity contribution in [2.45, 2.75) is 6.92 Å². The van der Waals surface area contributed by atoms with Gasteiger partial charge >= 0.3 is 0 Å². The first-order valence-corrected chi connectivity index (χ1v) is 3.04. The van der Waals surface area contributed by atoms with Crippen molar-refractivity contribution in [3.63, 3.8) is 0 Å². The van der Waals surface area contributed by atoms with Crippen molar-refractivity contribution in [1.29, 1.82) is 0 Å². The van der Waals surface area contributed by atoms with Crippen LogP contribution >= 0.6 is 0 Å². The summed E-state index contributed by atoms with van der Waals surface area (Å²) in [6.45, 7) is 1.63. The summed E-state index contributed by atoms with van der Waals surface area (Å²) in [6.07, 6.45) is 1.75. The summed E-state index contributed by atoms with van der Waals surface area (Å²) in [5, 5.41) is 0. The molecule has 0 unspecified atom stereocenters. The summed E-state index contributed by atoms with van der Waals surface area (Å²) in [7, 11) is 0. The molecule has 0 aliphatic carbocycles. The number of rotatable bonds is 3. The number of carbonyl (C=O) groups is 1. The van der Waals surface area contributed by atoms with Gasteiger partial charge < -0.3 is 9.72 Å². The summed E-state index contributed by atoms with van der Waals surface area (Å²) >= 11 is 0. The molecule has 0 saturated carbocycles. The van der Waals surface area contributed by atoms with Gasteiger partial charge in [0.1, 0.15) is 6.61 Å². The van der Waals surface area contributed by atoms with E-state index >= 15 is 0 Å². The molecule has 0 aliphatic heterocycles. The van der Waals surface area contributed by atoms with Crippen molar-refractivity contribution in [2.24, 2.45) is 0 Å². The van der Waals surface area contributed by atoms with E-state index in [1.165, 1.54) is 6.92 Å². The molecule has 1 rings (SSSR count). The summed E-state index contributed by atoms with van der Waals surface area (Å²) in [6, 6.07) is 3.58. The molecule has 3 heteroatoms. The number of carbonyl (C=O) groups excluding carboxylic acids is 1. The van der Waals surface area contributed by atoms with Crippen LogP contribution in [0.5, 0.6) is 5.88 Å². The molecule has 54 valence electrons. The van der Waals surface area contributed by atoms with Gasteiger partial charge in [-0.25, -0.2) is 0 Å². The molecule has 3 nitrogen and oxygen atoms in total. The van der Waals surface area contributed by atoms with E-state index in [9.17, 15) is 4.79 Å². The second-order valence-electron chi connectivity index (χ2n) is 2.03. The van der Waals surface area contributed by atoms with E-state index < -0.39 is 0 Å². The Morgan fingerprint density at radius 2 is 2.60 bits per heavy atom. The van der Waals surface area contributed by atoms with E-state index in [-0.39, 0.29) is 12.4 Å². The number of Topliss-reactive ketones (excluding diaryl/α,β-unsaturated/α-hetero) is 1. The van der Waals surface area contributed by atoms with E-state index in [0.717, 1.165) is 0 Å². The Labute approximate surface area is 59.0 Å². The lowest BCUT2D eigenvalue weighted by Crippen LogP contribution is -2.06. The highest BCUT2D eigenvalue weighted by molar-refractivity contribution is 5.76. The zero-order chi connectivity index (χ0) is 7.40. The summed E-state index contributed by atoms with van der Waals surface area (Å²) in [5.41, 5.74) is 0. The van der Waals surface area contributed by atoms with Crippen LogP contribution in [-0.4, -0.2) is 17.4 Å². The Morgan fingerprint density at radius 3 is 3.10 bits per heavy atom. The number of aromatic amines is 1. The first-order valence-electron chi connectivity index (χ1n) is 3.04. The first-order chi connectivity index (χ1) is 4.79. The molecule has 0 bridgehead atoms. The van der Waals surface area contributed by atoms with E-state index in [1.54, 1.807) is 12.3 Å². The molecule has 0 aromatic carbocycles.